The molecule has 0 aliphatic carbocycles. The average molecular weight is 508 g/mol. The van der Waals surface area contributed by atoms with Crippen LogP contribution in [0.1, 0.15) is 28.4 Å². The van der Waals surface area contributed by atoms with Crippen LogP contribution in [0.4, 0.5) is 18.9 Å². The molecule has 35 heavy (non-hydrogen) atoms. The standard InChI is InChI=1S/C25H21ClF3NO5/c1-15(23(31)30-20-5-3-4-18(13-20)25(27,28)29)35-24(32)17-8-11-21(22(12-17)33-2)34-14-16-6-9-19(26)10-7-16/h3-13,15H,14H2,1-2H3,(H,30,31)/t15-/m1/s1. The zero-order valence-electron chi connectivity index (χ0n) is 18.7. The molecule has 0 aliphatic heterocycles. The molecule has 10 heteroatoms. The number of halogens is 4. The molecule has 3 aromatic rings. The van der Waals surface area contributed by atoms with Crippen molar-refractivity contribution < 1.29 is 37.0 Å². The van der Waals surface area contributed by atoms with Crippen molar-refractivity contribution in [3.63, 3.8) is 0 Å². The number of amides is 1. The van der Waals surface area contributed by atoms with Gasteiger partial charge in [0.15, 0.2) is 17.6 Å². The fraction of sp³-hybridized carbons (Fsp3) is 0.200. The largest absolute Gasteiger partial charge is 0.493 e. The van der Waals surface area contributed by atoms with Crippen LogP contribution in [-0.2, 0) is 22.3 Å². The second kappa shape index (κ2) is 11.1. The third-order valence-corrected chi connectivity index (χ3v) is 5.07. The Balaban J connectivity index is 1.62. The fourth-order valence-electron chi connectivity index (χ4n) is 2.95. The van der Waals surface area contributed by atoms with Crippen molar-refractivity contribution in [2.24, 2.45) is 0 Å². The number of carbonyl (C=O) groups excluding carboxylic acids is 2. The zero-order chi connectivity index (χ0) is 25.6. The van der Waals surface area contributed by atoms with Crippen LogP contribution in [0, 0.1) is 0 Å². The van der Waals surface area contributed by atoms with E-state index < -0.39 is 29.7 Å². The van der Waals surface area contributed by atoms with Crippen molar-refractivity contribution >= 4 is 29.2 Å². The molecule has 1 N–H and O–H groups in total. The van der Waals surface area contributed by atoms with E-state index in [9.17, 15) is 22.8 Å². The van der Waals surface area contributed by atoms with Gasteiger partial charge in [0.1, 0.15) is 6.61 Å². The van der Waals surface area contributed by atoms with Crippen molar-refractivity contribution in [3.8, 4) is 11.5 Å². The summed E-state index contributed by atoms with van der Waals surface area (Å²) < 4.78 is 54.8. The van der Waals surface area contributed by atoms with E-state index in [-0.39, 0.29) is 23.6 Å². The second-order valence-corrected chi connectivity index (χ2v) is 7.83. The van der Waals surface area contributed by atoms with Crippen LogP contribution in [0.15, 0.2) is 66.7 Å². The number of hydrogen-bond donors (Lipinski definition) is 1. The van der Waals surface area contributed by atoms with Crippen LogP contribution in [-0.4, -0.2) is 25.1 Å². The molecule has 184 valence electrons. The highest BCUT2D eigenvalue weighted by atomic mass is 35.5. The SMILES string of the molecule is COc1cc(C(=O)O[C@H](C)C(=O)Nc2cccc(C(F)(F)F)c2)ccc1OCc1ccc(Cl)cc1. The Kier molecular flexibility index (Phi) is 8.24. The van der Waals surface area contributed by atoms with Gasteiger partial charge in [-0.15, -0.1) is 0 Å². The molecule has 0 saturated heterocycles. The maximum Gasteiger partial charge on any atom is 0.416 e. The highest BCUT2D eigenvalue weighted by Gasteiger charge is 2.30. The number of hydrogen-bond acceptors (Lipinski definition) is 5. The Morgan fingerprint density at radius 2 is 1.71 bits per heavy atom. The molecule has 3 rings (SSSR count). The monoisotopic (exact) mass is 507 g/mol. The first-order valence-corrected chi connectivity index (χ1v) is 10.7. The minimum Gasteiger partial charge on any atom is -0.493 e. The van der Waals surface area contributed by atoms with E-state index >= 15 is 0 Å². The van der Waals surface area contributed by atoms with Gasteiger partial charge in [0, 0.05) is 10.7 Å². The lowest BCUT2D eigenvalue weighted by atomic mass is 10.2. The second-order valence-electron chi connectivity index (χ2n) is 7.40. The Morgan fingerprint density at radius 3 is 2.37 bits per heavy atom. The number of esters is 1. The summed E-state index contributed by atoms with van der Waals surface area (Å²) in [6.07, 6.45) is -5.83. The van der Waals surface area contributed by atoms with Crippen molar-refractivity contribution in [2.75, 3.05) is 12.4 Å². The van der Waals surface area contributed by atoms with Crippen LogP contribution < -0.4 is 14.8 Å². The number of benzene rings is 3. The molecule has 1 amide bonds. The number of methoxy groups -OCH3 is 1. The van der Waals surface area contributed by atoms with Crippen LogP contribution >= 0.6 is 11.6 Å². The topological polar surface area (TPSA) is 73.9 Å². The maximum atomic E-state index is 12.9. The van der Waals surface area contributed by atoms with Crippen molar-refractivity contribution in [2.45, 2.75) is 25.8 Å². The molecular formula is C25H21ClF3NO5. The summed E-state index contributed by atoms with van der Waals surface area (Å²) in [5.41, 5.74) is -0.0121. The van der Waals surface area contributed by atoms with E-state index in [1.807, 2.05) is 12.1 Å². The van der Waals surface area contributed by atoms with E-state index in [1.54, 1.807) is 12.1 Å². The van der Waals surface area contributed by atoms with Crippen LogP contribution in [0.2, 0.25) is 5.02 Å². The fourth-order valence-corrected chi connectivity index (χ4v) is 3.08. The lowest BCUT2D eigenvalue weighted by molar-refractivity contribution is -0.137. The van der Waals surface area contributed by atoms with Gasteiger partial charge in [-0.2, -0.15) is 13.2 Å². The van der Waals surface area contributed by atoms with Crippen LogP contribution in [0.25, 0.3) is 0 Å². The van der Waals surface area contributed by atoms with Gasteiger partial charge < -0.3 is 19.5 Å². The third-order valence-electron chi connectivity index (χ3n) is 4.82. The van der Waals surface area contributed by atoms with Gasteiger partial charge in [-0.25, -0.2) is 4.79 Å². The first-order valence-electron chi connectivity index (χ1n) is 10.3. The van der Waals surface area contributed by atoms with E-state index in [0.717, 1.165) is 23.8 Å². The summed E-state index contributed by atoms with van der Waals surface area (Å²) in [4.78, 5) is 24.9. The predicted molar refractivity (Wildman–Crippen MR) is 124 cm³/mol. The quantitative estimate of drug-likeness (QED) is 0.371. The first kappa shape index (κ1) is 25.9. The van der Waals surface area contributed by atoms with E-state index in [4.69, 9.17) is 25.8 Å². The minimum absolute atomic E-state index is 0.0726. The molecule has 0 saturated carbocycles. The third kappa shape index (κ3) is 7.13. The molecule has 0 bridgehead atoms. The van der Waals surface area contributed by atoms with Crippen molar-refractivity contribution in [1.29, 1.82) is 0 Å². The molecule has 6 nitrogen and oxygen atoms in total. The highest BCUT2D eigenvalue weighted by molar-refractivity contribution is 6.30. The number of carbonyl (C=O) groups is 2. The Hall–Kier alpha value is -3.72. The number of nitrogens with one attached hydrogen (secondary N) is 1. The Labute approximate surface area is 204 Å². The van der Waals surface area contributed by atoms with Gasteiger partial charge in [-0.1, -0.05) is 29.8 Å². The predicted octanol–water partition coefficient (Wildman–Crippen LogP) is 6.13. The minimum atomic E-state index is -4.55. The van der Waals surface area contributed by atoms with Gasteiger partial charge in [0.2, 0.25) is 0 Å². The smallest absolute Gasteiger partial charge is 0.416 e. The van der Waals surface area contributed by atoms with Crippen LogP contribution in [0.3, 0.4) is 0 Å². The summed E-state index contributed by atoms with van der Waals surface area (Å²) >= 11 is 5.87. The van der Waals surface area contributed by atoms with Crippen molar-refractivity contribution in [3.05, 3.63) is 88.4 Å². The number of anilines is 1. The first-order chi connectivity index (χ1) is 16.6. The lowest BCUT2D eigenvalue weighted by Crippen LogP contribution is -2.30. The normalized spacial score (nSPS) is 11.9. The van der Waals surface area contributed by atoms with Gasteiger partial charge in [0.05, 0.1) is 18.2 Å². The molecule has 0 aliphatic rings. The Bertz CT molecular complexity index is 1200. The molecule has 0 radical (unpaired) electrons. The van der Waals surface area contributed by atoms with Crippen molar-refractivity contribution in [1.82, 2.24) is 0 Å². The summed E-state index contributed by atoms with van der Waals surface area (Å²) in [7, 11) is 1.41. The molecule has 0 spiro atoms. The summed E-state index contributed by atoms with van der Waals surface area (Å²) in [5, 5.41) is 2.91. The summed E-state index contributed by atoms with van der Waals surface area (Å²) in [5.74, 6) is -0.948. The molecule has 0 aromatic heterocycles. The number of ether oxygens (including phenoxy) is 3. The molecule has 3 aromatic carbocycles. The molecular weight excluding hydrogens is 487 g/mol. The zero-order valence-corrected chi connectivity index (χ0v) is 19.4. The number of alkyl halides is 3. The van der Waals surface area contributed by atoms with Gasteiger partial charge in [-0.3, -0.25) is 4.79 Å². The molecule has 1 atom stereocenters. The highest BCUT2D eigenvalue weighted by Crippen LogP contribution is 2.31. The van der Waals surface area contributed by atoms with Gasteiger partial charge in [0.25, 0.3) is 5.91 Å². The molecule has 0 unspecified atom stereocenters. The van der Waals surface area contributed by atoms with E-state index in [2.05, 4.69) is 5.32 Å². The van der Waals surface area contributed by atoms with Gasteiger partial charge >= 0.3 is 12.1 Å². The van der Waals surface area contributed by atoms with E-state index in [0.29, 0.717) is 10.8 Å². The maximum absolute atomic E-state index is 12.9. The van der Waals surface area contributed by atoms with Gasteiger partial charge in [-0.05, 0) is 61.0 Å². The lowest BCUT2D eigenvalue weighted by Gasteiger charge is -2.16. The summed E-state index contributed by atoms with van der Waals surface area (Å²) in [6.45, 7) is 1.55. The molecule has 0 fully saturated rings. The summed E-state index contributed by atoms with van der Waals surface area (Å²) in [6, 6.07) is 15.6. The Morgan fingerprint density at radius 1 is 1.00 bits per heavy atom. The number of rotatable bonds is 8. The molecule has 0 heterocycles. The average Bonchev–Trinajstić information content (AvgIpc) is 2.83. The van der Waals surface area contributed by atoms with Crippen LogP contribution in [0.5, 0.6) is 11.5 Å². The van der Waals surface area contributed by atoms with E-state index in [1.165, 1.54) is 38.3 Å².